The molecule has 0 aliphatic carbocycles. The van der Waals surface area contributed by atoms with Crippen molar-refractivity contribution in [3.63, 3.8) is 0 Å². The van der Waals surface area contributed by atoms with Crippen LogP contribution in [0.25, 0.3) is 0 Å². The Morgan fingerprint density at radius 3 is 2.75 bits per heavy atom. The highest BCUT2D eigenvalue weighted by Gasteiger charge is 2.32. The number of anilines is 1. The molecule has 0 saturated carbocycles. The maximum Gasteiger partial charge on any atom is 0.415 e. The standard InChI is InChI=1S/C10H6Cl2N2O2/c11-8-2-1-6(3-9(8)12)14-5-7(4-13)16-10(14)15/h1-3,7H,5H2. The molecule has 6 heteroatoms. The molecule has 0 aromatic heterocycles. The predicted molar refractivity (Wildman–Crippen MR) is 59.7 cm³/mol. The minimum atomic E-state index is -0.734. The summed E-state index contributed by atoms with van der Waals surface area (Å²) >= 11 is 11.6. The van der Waals surface area contributed by atoms with Gasteiger partial charge in [0.2, 0.25) is 6.10 Å². The van der Waals surface area contributed by atoms with Gasteiger partial charge < -0.3 is 4.74 Å². The Morgan fingerprint density at radius 1 is 1.44 bits per heavy atom. The number of carbonyl (C=O) groups excluding carboxylic acids is 1. The molecule has 0 radical (unpaired) electrons. The lowest BCUT2D eigenvalue weighted by Gasteiger charge is -2.12. The Balaban J connectivity index is 2.29. The van der Waals surface area contributed by atoms with E-state index in [1.807, 2.05) is 6.07 Å². The van der Waals surface area contributed by atoms with Crippen molar-refractivity contribution >= 4 is 35.0 Å². The second kappa shape index (κ2) is 4.20. The highest BCUT2D eigenvalue weighted by Crippen LogP contribution is 2.29. The number of nitriles is 1. The molecule has 1 aliphatic heterocycles. The van der Waals surface area contributed by atoms with Crippen molar-refractivity contribution in [1.29, 1.82) is 5.26 Å². The lowest BCUT2D eigenvalue weighted by molar-refractivity contribution is 0.162. The molecule has 1 atom stereocenters. The molecule has 4 nitrogen and oxygen atoms in total. The molecule has 1 aromatic carbocycles. The maximum absolute atomic E-state index is 11.4. The zero-order valence-electron chi connectivity index (χ0n) is 7.98. The van der Waals surface area contributed by atoms with Gasteiger partial charge in [-0.25, -0.2) is 4.79 Å². The topological polar surface area (TPSA) is 53.3 Å². The molecule has 1 fully saturated rings. The Kier molecular flexibility index (Phi) is 2.90. The van der Waals surface area contributed by atoms with Crippen LogP contribution in [0.1, 0.15) is 0 Å². The van der Waals surface area contributed by atoms with Crippen LogP contribution in [0.4, 0.5) is 10.5 Å². The van der Waals surface area contributed by atoms with Crippen molar-refractivity contribution in [3.8, 4) is 6.07 Å². The van der Waals surface area contributed by atoms with Crippen molar-refractivity contribution in [1.82, 2.24) is 0 Å². The fraction of sp³-hybridized carbons (Fsp3) is 0.200. The van der Waals surface area contributed by atoms with E-state index in [0.717, 1.165) is 0 Å². The van der Waals surface area contributed by atoms with Crippen LogP contribution in [-0.4, -0.2) is 18.7 Å². The van der Waals surface area contributed by atoms with Crippen molar-refractivity contribution in [2.75, 3.05) is 11.4 Å². The summed E-state index contributed by atoms with van der Waals surface area (Å²) in [4.78, 5) is 12.8. The first-order valence-corrected chi connectivity index (χ1v) is 5.20. The number of amides is 1. The van der Waals surface area contributed by atoms with Crippen LogP contribution in [0.3, 0.4) is 0 Å². The van der Waals surface area contributed by atoms with E-state index in [1.54, 1.807) is 18.2 Å². The van der Waals surface area contributed by atoms with Crippen LogP contribution in [-0.2, 0) is 4.74 Å². The van der Waals surface area contributed by atoms with Crippen molar-refractivity contribution < 1.29 is 9.53 Å². The van der Waals surface area contributed by atoms with Gasteiger partial charge in [-0.3, -0.25) is 4.90 Å². The van der Waals surface area contributed by atoms with E-state index in [0.29, 0.717) is 15.7 Å². The van der Waals surface area contributed by atoms with Crippen LogP contribution in [0.5, 0.6) is 0 Å². The number of rotatable bonds is 1. The summed E-state index contributed by atoms with van der Waals surface area (Å²) in [6.45, 7) is 0.202. The SMILES string of the molecule is N#CC1CN(c2ccc(Cl)c(Cl)c2)C(=O)O1. The summed E-state index contributed by atoms with van der Waals surface area (Å²) in [6, 6.07) is 6.67. The van der Waals surface area contributed by atoms with Crippen LogP contribution in [0.15, 0.2) is 18.2 Å². The molecule has 1 unspecified atom stereocenters. The van der Waals surface area contributed by atoms with Gasteiger partial charge in [0.05, 0.1) is 16.6 Å². The normalized spacial score (nSPS) is 19.4. The number of hydrogen-bond donors (Lipinski definition) is 0. The van der Waals surface area contributed by atoms with Crippen LogP contribution < -0.4 is 4.90 Å². The highest BCUT2D eigenvalue weighted by atomic mass is 35.5. The molecule has 0 N–H and O–H groups in total. The van der Waals surface area contributed by atoms with Gasteiger partial charge >= 0.3 is 6.09 Å². The Labute approximate surface area is 102 Å². The van der Waals surface area contributed by atoms with Gasteiger partial charge in [0, 0.05) is 5.69 Å². The van der Waals surface area contributed by atoms with Gasteiger partial charge in [-0.1, -0.05) is 23.2 Å². The molecule has 0 bridgehead atoms. The quantitative estimate of drug-likeness (QED) is 0.777. The fourth-order valence-corrected chi connectivity index (χ4v) is 1.69. The lowest BCUT2D eigenvalue weighted by Crippen LogP contribution is -2.24. The maximum atomic E-state index is 11.4. The minimum absolute atomic E-state index is 0.202. The minimum Gasteiger partial charge on any atom is -0.428 e. The summed E-state index contributed by atoms with van der Waals surface area (Å²) in [5.74, 6) is 0. The van der Waals surface area contributed by atoms with Gasteiger partial charge in [-0.05, 0) is 18.2 Å². The molecule has 82 valence electrons. The number of hydrogen-bond acceptors (Lipinski definition) is 3. The van der Waals surface area contributed by atoms with Gasteiger partial charge in [0.25, 0.3) is 0 Å². The predicted octanol–water partition coefficient (Wildman–Crippen LogP) is 2.84. The van der Waals surface area contributed by atoms with Crippen molar-refractivity contribution in [3.05, 3.63) is 28.2 Å². The van der Waals surface area contributed by atoms with E-state index in [1.165, 1.54) is 4.90 Å². The second-order valence-corrected chi connectivity index (χ2v) is 4.02. The van der Waals surface area contributed by atoms with E-state index in [4.69, 9.17) is 33.2 Å². The van der Waals surface area contributed by atoms with E-state index in [-0.39, 0.29) is 6.54 Å². The number of ether oxygens (including phenoxy) is 1. The van der Waals surface area contributed by atoms with Gasteiger partial charge in [0.15, 0.2) is 0 Å². The summed E-state index contributed by atoms with van der Waals surface area (Å²) < 4.78 is 4.80. The Morgan fingerprint density at radius 2 is 2.19 bits per heavy atom. The zero-order chi connectivity index (χ0) is 11.7. The van der Waals surface area contributed by atoms with E-state index < -0.39 is 12.2 Å². The van der Waals surface area contributed by atoms with Crippen molar-refractivity contribution in [2.45, 2.75) is 6.10 Å². The Hall–Kier alpha value is -1.44. The third-order valence-electron chi connectivity index (χ3n) is 2.17. The summed E-state index contributed by atoms with van der Waals surface area (Å²) in [7, 11) is 0. The van der Waals surface area contributed by atoms with Gasteiger partial charge in [-0.2, -0.15) is 5.26 Å². The molecule has 1 saturated heterocycles. The van der Waals surface area contributed by atoms with Crippen LogP contribution >= 0.6 is 23.2 Å². The highest BCUT2D eigenvalue weighted by molar-refractivity contribution is 6.42. The van der Waals surface area contributed by atoms with Gasteiger partial charge in [0.1, 0.15) is 6.07 Å². The third kappa shape index (κ3) is 1.92. The monoisotopic (exact) mass is 256 g/mol. The molecular formula is C10H6Cl2N2O2. The number of benzene rings is 1. The number of halogens is 2. The zero-order valence-corrected chi connectivity index (χ0v) is 9.50. The summed E-state index contributed by atoms with van der Waals surface area (Å²) in [5.41, 5.74) is 0.567. The van der Waals surface area contributed by atoms with Crippen LogP contribution in [0, 0.1) is 11.3 Å². The smallest absolute Gasteiger partial charge is 0.415 e. The number of cyclic esters (lactones) is 1. The first-order chi connectivity index (χ1) is 7.61. The average Bonchev–Trinajstić information content (AvgIpc) is 2.64. The van der Waals surface area contributed by atoms with Gasteiger partial charge in [-0.15, -0.1) is 0 Å². The first-order valence-electron chi connectivity index (χ1n) is 4.44. The number of carbonyl (C=O) groups is 1. The largest absolute Gasteiger partial charge is 0.428 e. The van der Waals surface area contributed by atoms with E-state index in [9.17, 15) is 4.79 Å². The summed E-state index contributed by atoms with van der Waals surface area (Å²) in [6.07, 6.45) is -1.29. The second-order valence-electron chi connectivity index (χ2n) is 3.21. The average molecular weight is 257 g/mol. The first kappa shape index (κ1) is 11.1. The molecule has 0 spiro atoms. The molecule has 1 aliphatic rings. The molecular weight excluding hydrogens is 251 g/mol. The third-order valence-corrected chi connectivity index (χ3v) is 2.91. The van der Waals surface area contributed by atoms with E-state index in [2.05, 4.69) is 0 Å². The molecule has 1 amide bonds. The fourth-order valence-electron chi connectivity index (χ4n) is 1.39. The summed E-state index contributed by atoms with van der Waals surface area (Å²) in [5, 5.41) is 9.41. The molecule has 1 heterocycles. The molecule has 1 aromatic rings. The lowest BCUT2D eigenvalue weighted by atomic mass is 10.3. The molecule has 2 rings (SSSR count). The number of nitrogens with zero attached hydrogens (tertiary/aromatic N) is 2. The Bertz CT molecular complexity index is 484. The molecule has 16 heavy (non-hydrogen) atoms. The van der Waals surface area contributed by atoms with Crippen molar-refractivity contribution in [2.24, 2.45) is 0 Å². The van der Waals surface area contributed by atoms with E-state index >= 15 is 0 Å². The van der Waals surface area contributed by atoms with Crippen LogP contribution in [0.2, 0.25) is 10.0 Å².